The summed E-state index contributed by atoms with van der Waals surface area (Å²) < 4.78 is 25.9. The van der Waals surface area contributed by atoms with Gasteiger partial charge < -0.3 is 5.73 Å². The van der Waals surface area contributed by atoms with Crippen molar-refractivity contribution in [1.82, 2.24) is 4.31 Å². The highest BCUT2D eigenvalue weighted by molar-refractivity contribution is 7.89. The van der Waals surface area contributed by atoms with Gasteiger partial charge in [-0.05, 0) is 25.1 Å². The maximum Gasteiger partial charge on any atom is 0.242 e. The molecule has 0 aliphatic heterocycles. The normalized spacial score (nSPS) is 12.3. The molecule has 1 rings (SSSR count). The highest BCUT2D eigenvalue weighted by Gasteiger charge is 2.22. The summed E-state index contributed by atoms with van der Waals surface area (Å²) in [5.41, 5.74) is 5.88. The number of hydrogen-bond acceptors (Lipinski definition) is 4. The lowest BCUT2D eigenvalue weighted by Crippen LogP contribution is -2.30. The average molecular weight is 291 g/mol. The Bertz CT molecular complexity index is 666. The largest absolute Gasteiger partial charge is 0.320 e. The third kappa shape index (κ3) is 4.07. The Kier molecular flexibility index (Phi) is 5.72. The molecular formula is C14H17N3O2S. The minimum Gasteiger partial charge on any atom is -0.320 e. The summed E-state index contributed by atoms with van der Waals surface area (Å²) >= 11 is 0. The molecule has 0 fully saturated rings. The van der Waals surface area contributed by atoms with E-state index in [9.17, 15) is 8.42 Å². The lowest BCUT2D eigenvalue weighted by atomic mass is 10.2. The molecule has 6 heteroatoms. The van der Waals surface area contributed by atoms with Crippen molar-refractivity contribution in [1.29, 1.82) is 5.26 Å². The molecule has 0 radical (unpaired) electrons. The third-order valence-corrected chi connectivity index (χ3v) is 4.45. The van der Waals surface area contributed by atoms with Gasteiger partial charge in [0.2, 0.25) is 10.0 Å². The third-order valence-electron chi connectivity index (χ3n) is 2.63. The minimum atomic E-state index is -3.61. The Morgan fingerprint density at radius 1 is 1.45 bits per heavy atom. The van der Waals surface area contributed by atoms with Crippen LogP contribution in [-0.2, 0) is 10.0 Å². The molecule has 0 spiro atoms. The van der Waals surface area contributed by atoms with Gasteiger partial charge in [-0.3, -0.25) is 0 Å². The molecule has 1 atom stereocenters. The summed E-state index contributed by atoms with van der Waals surface area (Å²) in [5, 5.41) is 8.76. The molecule has 1 aromatic rings. The lowest BCUT2D eigenvalue weighted by molar-refractivity contribution is 0.439. The van der Waals surface area contributed by atoms with Crippen LogP contribution in [0.5, 0.6) is 0 Å². The van der Waals surface area contributed by atoms with E-state index < -0.39 is 10.0 Å². The maximum absolute atomic E-state index is 12.4. The van der Waals surface area contributed by atoms with Gasteiger partial charge in [-0.1, -0.05) is 17.9 Å². The second-order valence-electron chi connectivity index (χ2n) is 4.35. The van der Waals surface area contributed by atoms with Crippen molar-refractivity contribution in [3.63, 3.8) is 0 Å². The summed E-state index contributed by atoms with van der Waals surface area (Å²) in [6, 6.07) is 8.39. The van der Waals surface area contributed by atoms with Gasteiger partial charge in [0.05, 0.1) is 23.4 Å². The van der Waals surface area contributed by atoms with E-state index >= 15 is 0 Å². The zero-order chi connectivity index (χ0) is 15.2. The predicted octanol–water partition coefficient (Wildman–Crippen LogP) is 0.777. The van der Waals surface area contributed by atoms with Crippen molar-refractivity contribution in [3.8, 4) is 17.9 Å². The zero-order valence-electron chi connectivity index (χ0n) is 11.5. The standard InChI is InChI=1S/C14H17N3O2S/c1-12(10-16)11-17(2)20(18,19)14-7-3-5-13(9-14)6-4-8-15/h3,5,7,9,12H,8,11,15H2,1-2H3. The molecule has 0 aromatic heterocycles. The van der Waals surface area contributed by atoms with Crippen LogP contribution >= 0.6 is 0 Å². The number of nitrogens with two attached hydrogens (primary N) is 1. The number of rotatable bonds is 4. The van der Waals surface area contributed by atoms with Crippen LogP contribution in [0.4, 0.5) is 0 Å². The quantitative estimate of drug-likeness (QED) is 0.830. The molecule has 5 nitrogen and oxygen atoms in total. The van der Waals surface area contributed by atoms with Crippen molar-refractivity contribution in [3.05, 3.63) is 29.8 Å². The Morgan fingerprint density at radius 3 is 2.75 bits per heavy atom. The molecule has 1 unspecified atom stereocenters. The summed E-state index contributed by atoms with van der Waals surface area (Å²) in [5.74, 6) is 5.11. The van der Waals surface area contributed by atoms with Gasteiger partial charge in [-0.2, -0.15) is 9.57 Å². The SMILES string of the molecule is CC(C#N)CN(C)S(=O)(=O)c1cccc(C#CCN)c1. The lowest BCUT2D eigenvalue weighted by Gasteiger charge is -2.18. The highest BCUT2D eigenvalue weighted by Crippen LogP contribution is 2.16. The van der Waals surface area contributed by atoms with E-state index in [2.05, 4.69) is 11.8 Å². The predicted molar refractivity (Wildman–Crippen MR) is 77.0 cm³/mol. The fraction of sp³-hybridized carbons (Fsp3) is 0.357. The Labute approximate surface area is 120 Å². The van der Waals surface area contributed by atoms with Gasteiger partial charge in [0.15, 0.2) is 0 Å². The first kappa shape index (κ1) is 16.2. The topological polar surface area (TPSA) is 87.2 Å². The van der Waals surface area contributed by atoms with Gasteiger partial charge in [0, 0.05) is 19.2 Å². The molecule has 0 saturated carbocycles. The van der Waals surface area contributed by atoms with E-state index in [0.717, 1.165) is 0 Å². The maximum atomic E-state index is 12.4. The van der Waals surface area contributed by atoms with Crippen LogP contribution in [0.15, 0.2) is 29.2 Å². The van der Waals surface area contributed by atoms with Crippen LogP contribution in [0.1, 0.15) is 12.5 Å². The smallest absolute Gasteiger partial charge is 0.242 e. The highest BCUT2D eigenvalue weighted by atomic mass is 32.2. The first-order valence-corrected chi connectivity index (χ1v) is 7.50. The molecule has 2 N–H and O–H groups in total. The van der Waals surface area contributed by atoms with Crippen LogP contribution in [0, 0.1) is 29.1 Å². The molecule has 0 saturated heterocycles. The van der Waals surface area contributed by atoms with Gasteiger partial charge in [-0.25, -0.2) is 8.42 Å². The van der Waals surface area contributed by atoms with Crippen LogP contribution in [0.2, 0.25) is 0 Å². The molecule has 0 amide bonds. The second kappa shape index (κ2) is 7.06. The summed E-state index contributed by atoms with van der Waals surface area (Å²) in [4.78, 5) is 0.161. The first-order valence-electron chi connectivity index (χ1n) is 6.06. The Balaban J connectivity index is 3.07. The minimum absolute atomic E-state index is 0.150. The zero-order valence-corrected chi connectivity index (χ0v) is 12.3. The van der Waals surface area contributed by atoms with Crippen LogP contribution in [-0.4, -0.2) is 32.9 Å². The number of nitriles is 1. The summed E-state index contributed by atoms with van der Waals surface area (Å²) in [7, 11) is -2.15. The van der Waals surface area contributed by atoms with Gasteiger partial charge in [-0.15, -0.1) is 0 Å². The average Bonchev–Trinajstić information content (AvgIpc) is 2.45. The molecule has 0 aliphatic carbocycles. The van der Waals surface area contributed by atoms with E-state index in [-0.39, 0.29) is 23.9 Å². The molecular weight excluding hydrogens is 274 g/mol. The molecule has 0 aliphatic rings. The van der Waals surface area contributed by atoms with Crippen molar-refractivity contribution in [2.45, 2.75) is 11.8 Å². The van der Waals surface area contributed by atoms with E-state index in [0.29, 0.717) is 5.56 Å². The van der Waals surface area contributed by atoms with Crippen molar-refractivity contribution >= 4 is 10.0 Å². The van der Waals surface area contributed by atoms with E-state index in [1.165, 1.54) is 23.5 Å². The fourth-order valence-electron chi connectivity index (χ4n) is 1.59. The summed E-state index contributed by atoms with van der Waals surface area (Å²) in [6.07, 6.45) is 0. The number of nitrogens with zero attached hydrogens (tertiary/aromatic N) is 2. The summed E-state index contributed by atoms with van der Waals surface area (Å²) in [6.45, 7) is 2.04. The monoisotopic (exact) mass is 291 g/mol. The number of benzene rings is 1. The molecule has 0 heterocycles. The first-order chi connectivity index (χ1) is 9.41. The molecule has 106 valence electrons. The van der Waals surface area contributed by atoms with Gasteiger partial charge in [0.25, 0.3) is 0 Å². The van der Waals surface area contributed by atoms with Crippen LogP contribution < -0.4 is 5.73 Å². The van der Waals surface area contributed by atoms with E-state index in [1.807, 2.05) is 6.07 Å². The Morgan fingerprint density at radius 2 is 2.15 bits per heavy atom. The van der Waals surface area contributed by atoms with Crippen molar-refractivity contribution < 1.29 is 8.42 Å². The Hall–Kier alpha value is -1.86. The van der Waals surface area contributed by atoms with Crippen molar-refractivity contribution in [2.75, 3.05) is 20.1 Å². The molecule has 1 aromatic carbocycles. The molecule has 20 heavy (non-hydrogen) atoms. The number of sulfonamides is 1. The van der Waals surface area contributed by atoms with Crippen LogP contribution in [0.25, 0.3) is 0 Å². The van der Waals surface area contributed by atoms with Crippen molar-refractivity contribution in [2.24, 2.45) is 11.7 Å². The second-order valence-corrected chi connectivity index (χ2v) is 6.39. The van der Waals surface area contributed by atoms with Gasteiger partial charge in [0.1, 0.15) is 0 Å². The van der Waals surface area contributed by atoms with Gasteiger partial charge >= 0.3 is 0 Å². The fourth-order valence-corrected chi connectivity index (χ4v) is 2.90. The molecule has 0 bridgehead atoms. The van der Waals surface area contributed by atoms with E-state index in [4.69, 9.17) is 11.0 Å². The van der Waals surface area contributed by atoms with E-state index in [1.54, 1.807) is 19.1 Å². The number of hydrogen-bond donors (Lipinski definition) is 1. The van der Waals surface area contributed by atoms with Crippen LogP contribution in [0.3, 0.4) is 0 Å².